The number of rotatable bonds is 2. The first-order valence-electron chi connectivity index (χ1n) is 6.52. The van der Waals surface area contributed by atoms with Gasteiger partial charge in [0.1, 0.15) is 5.01 Å². The molecule has 4 rings (SSSR count). The van der Waals surface area contributed by atoms with Gasteiger partial charge in [-0.1, -0.05) is 45.9 Å². The molecule has 0 saturated carbocycles. The Balaban J connectivity index is 1.72. The minimum absolute atomic E-state index is 0.810. The van der Waals surface area contributed by atoms with Gasteiger partial charge in [-0.25, -0.2) is 4.98 Å². The van der Waals surface area contributed by atoms with Crippen molar-refractivity contribution in [2.75, 3.05) is 5.32 Å². The van der Waals surface area contributed by atoms with Gasteiger partial charge in [0.05, 0.1) is 22.4 Å². The Hall–Kier alpha value is -1.30. The molecule has 1 aromatic heterocycles. The van der Waals surface area contributed by atoms with Crippen molar-refractivity contribution < 1.29 is 0 Å². The fourth-order valence-corrected chi connectivity index (χ4v) is 4.44. The SMILES string of the molecule is BrCc1nc(-c2ccc3c(c2)Nc2ccccc2S3)cs1. The number of hydrogen-bond donors (Lipinski definition) is 1. The van der Waals surface area contributed by atoms with E-state index in [2.05, 4.69) is 74.1 Å². The topological polar surface area (TPSA) is 24.9 Å². The van der Waals surface area contributed by atoms with Crippen molar-refractivity contribution in [3.63, 3.8) is 0 Å². The quantitative estimate of drug-likeness (QED) is 0.441. The third kappa shape index (κ3) is 2.50. The average molecular weight is 375 g/mol. The van der Waals surface area contributed by atoms with Crippen LogP contribution >= 0.6 is 39.0 Å². The Morgan fingerprint density at radius 3 is 2.76 bits per heavy atom. The summed E-state index contributed by atoms with van der Waals surface area (Å²) < 4.78 is 0. The Kier molecular flexibility index (Phi) is 3.49. The van der Waals surface area contributed by atoms with Crippen molar-refractivity contribution in [3.05, 3.63) is 52.9 Å². The molecule has 0 fully saturated rings. The minimum atomic E-state index is 0.810. The maximum Gasteiger partial charge on any atom is 0.104 e. The molecule has 0 spiro atoms. The van der Waals surface area contributed by atoms with Crippen LogP contribution in [-0.2, 0) is 5.33 Å². The number of nitrogens with zero attached hydrogens (tertiary/aromatic N) is 1. The largest absolute Gasteiger partial charge is 0.354 e. The highest BCUT2D eigenvalue weighted by atomic mass is 79.9. The maximum atomic E-state index is 4.63. The van der Waals surface area contributed by atoms with E-state index in [1.807, 2.05) is 11.8 Å². The molecule has 0 unspecified atom stereocenters. The first-order chi connectivity index (χ1) is 10.3. The van der Waals surface area contributed by atoms with E-state index < -0.39 is 0 Å². The molecule has 104 valence electrons. The molecule has 3 aromatic rings. The normalized spacial score (nSPS) is 12.4. The van der Waals surface area contributed by atoms with Crippen molar-refractivity contribution in [3.8, 4) is 11.3 Å². The zero-order valence-corrected chi connectivity index (χ0v) is 14.2. The van der Waals surface area contributed by atoms with Gasteiger partial charge in [-0.15, -0.1) is 11.3 Å². The molecule has 1 aliphatic rings. The third-order valence-electron chi connectivity index (χ3n) is 3.32. The van der Waals surface area contributed by atoms with E-state index in [0.717, 1.165) is 27.3 Å². The molecular weight excluding hydrogens is 364 g/mol. The molecule has 0 radical (unpaired) electrons. The molecule has 0 atom stereocenters. The predicted octanol–water partition coefficient (Wildman–Crippen LogP) is 5.91. The van der Waals surface area contributed by atoms with Gasteiger partial charge >= 0.3 is 0 Å². The first kappa shape index (κ1) is 13.4. The number of para-hydroxylation sites is 1. The summed E-state index contributed by atoms with van der Waals surface area (Å²) in [7, 11) is 0. The van der Waals surface area contributed by atoms with Gasteiger partial charge < -0.3 is 5.32 Å². The second-order valence-electron chi connectivity index (χ2n) is 4.69. The van der Waals surface area contributed by atoms with E-state index in [9.17, 15) is 0 Å². The Morgan fingerprint density at radius 1 is 1.05 bits per heavy atom. The monoisotopic (exact) mass is 374 g/mol. The van der Waals surface area contributed by atoms with Crippen LogP contribution in [0.1, 0.15) is 5.01 Å². The molecule has 0 amide bonds. The zero-order chi connectivity index (χ0) is 14.2. The lowest BCUT2D eigenvalue weighted by Gasteiger charge is -2.21. The van der Waals surface area contributed by atoms with Crippen LogP contribution in [0.4, 0.5) is 11.4 Å². The van der Waals surface area contributed by atoms with Gasteiger partial charge in [0.25, 0.3) is 0 Å². The molecular formula is C16H11BrN2S2. The number of fused-ring (bicyclic) bond motifs is 2. The standard InChI is InChI=1S/C16H11BrN2S2/c17-8-16-19-13(9-20-16)10-5-6-15-12(7-10)18-11-3-1-2-4-14(11)21-15/h1-7,9,18H,8H2. The van der Waals surface area contributed by atoms with E-state index in [1.54, 1.807) is 11.3 Å². The number of hydrogen-bond acceptors (Lipinski definition) is 4. The van der Waals surface area contributed by atoms with Crippen LogP contribution < -0.4 is 5.32 Å². The second-order valence-corrected chi connectivity index (χ2v) is 7.28. The van der Waals surface area contributed by atoms with E-state index in [0.29, 0.717) is 0 Å². The summed E-state index contributed by atoms with van der Waals surface area (Å²) in [4.78, 5) is 7.16. The number of halogens is 1. The Labute approximate surface area is 139 Å². The molecule has 21 heavy (non-hydrogen) atoms. The Bertz CT molecular complexity index is 814. The van der Waals surface area contributed by atoms with Crippen molar-refractivity contribution in [1.82, 2.24) is 4.98 Å². The van der Waals surface area contributed by atoms with Gasteiger partial charge in [-0.2, -0.15) is 0 Å². The molecule has 0 bridgehead atoms. The maximum absolute atomic E-state index is 4.63. The molecule has 2 aromatic carbocycles. The van der Waals surface area contributed by atoms with E-state index in [-0.39, 0.29) is 0 Å². The molecule has 1 N–H and O–H groups in total. The number of alkyl halides is 1. The number of benzene rings is 2. The highest BCUT2D eigenvalue weighted by molar-refractivity contribution is 9.08. The smallest absolute Gasteiger partial charge is 0.104 e. The Morgan fingerprint density at radius 2 is 1.90 bits per heavy atom. The number of anilines is 2. The molecule has 0 aliphatic carbocycles. The molecule has 2 heterocycles. The highest BCUT2D eigenvalue weighted by Gasteiger charge is 2.16. The van der Waals surface area contributed by atoms with Crippen LogP contribution in [-0.4, -0.2) is 4.98 Å². The summed E-state index contributed by atoms with van der Waals surface area (Å²) in [6.45, 7) is 0. The summed E-state index contributed by atoms with van der Waals surface area (Å²) in [5, 5.41) is 7.55. The van der Waals surface area contributed by atoms with Crippen molar-refractivity contribution >= 4 is 50.4 Å². The van der Waals surface area contributed by atoms with E-state index >= 15 is 0 Å². The van der Waals surface area contributed by atoms with Gasteiger partial charge in [0, 0.05) is 20.7 Å². The van der Waals surface area contributed by atoms with Gasteiger partial charge in [-0.05, 0) is 24.3 Å². The fourth-order valence-electron chi connectivity index (χ4n) is 2.30. The predicted molar refractivity (Wildman–Crippen MR) is 94.0 cm³/mol. The van der Waals surface area contributed by atoms with Gasteiger partial charge in [0.2, 0.25) is 0 Å². The van der Waals surface area contributed by atoms with Crippen LogP contribution in [0.15, 0.2) is 57.6 Å². The lowest BCUT2D eigenvalue weighted by atomic mass is 10.1. The summed E-state index contributed by atoms with van der Waals surface area (Å²) in [6, 6.07) is 14.9. The summed E-state index contributed by atoms with van der Waals surface area (Å²) in [5.74, 6) is 0. The third-order valence-corrected chi connectivity index (χ3v) is 6.22. The van der Waals surface area contributed by atoms with Crippen molar-refractivity contribution in [2.24, 2.45) is 0 Å². The zero-order valence-electron chi connectivity index (χ0n) is 11.0. The summed E-state index contributed by atoms with van der Waals surface area (Å²) >= 11 is 6.95. The molecule has 1 aliphatic heterocycles. The fraction of sp³-hybridized carbons (Fsp3) is 0.0625. The van der Waals surface area contributed by atoms with Crippen LogP contribution in [0.5, 0.6) is 0 Å². The van der Waals surface area contributed by atoms with Crippen LogP contribution in [0, 0.1) is 0 Å². The lowest BCUT2D eigenvalue weighted by Crippen LogP contribution is -1.99. The van der Waals surface area contributed by atoms with E-state index in [4.69, 9.17) is 0 Å². The van der Waals surface area contributed by atoms with Crippen molar-refractivity contribution in [1.29, 1.82) is 0 Å². The lowest BCUT2D eigenvalue weighted by molar-refractivity contribution is 1.27. The molecule has 2 nitrogen and oxygen atoms in total. The number of aromatic nitrogens is 1. The summed E-state index contributed by atoms with van der Waals surface area (Å²) in [6.07, 6.45) is 0. The van der Waals surface area contributed by atoms with Crippen molar-refractivity contribution in [2.45, 2.75) is 15.1 Å². The van der Waals surface area contributed by atoms with Gasteiger partial charge in [0.15, 0.2) is 0 Å². The average Bonchev–Trinajstić information content (AvgIpc) is 3.01. The highest BCUT2D eigenvalue weighted by Crippen LogP contribution is 2.45. The molecule has 0 saturated heterocycles. The van der Waals surface area contributed by atoms with Gasteiger partial charge in [-0.3, -0.25) is 0 Å². The number of nitrogens with one attached hydrogen (secondary N) is 1. The number of thiazole rings is 1. The van der Waals surface area contributed by atoms with E-state index in [1.165, 1.54) is 15.5 Å². The van der Waals surface area contributed by atoms with Crippen LogP contribution in [0.3, 0.4) is 0 Å². The molecule has 5 heteroatoms. The summed E-state index contributed by atoms with van der Waals surface area (Å²) in [5.41, 5.74) is 4.53. The van der Waals surface area contributed by atoms with Crippen LogP contribution in [0.2, 0.25) is 0 Å². The minimum Gasteiger partial charge on any atom is -0.354 e. The first-order valence-corrected chi connectivity index (χ1v) is 9.34. The van der Waals surface area contributed by atoms with Crippen LogP contribution in [0.25, 0.3) is 11.3 Å². The second kappa shape index (κ2) is 5.48.